The van der Waals surface area contributed by atoms with Crippen LogP contribution in [0.4, 0.5) is 0 Å². The summed E-state index contributed by atoms with van der Waals surface area (Å²) in [4.78, 5) is 21.6. The SMILES string of the molecule is C/C=C/CCNC(=O)C(N)CC(N)=O. The number of hydrogen-bond acceptors (Lipinski definition) is 3. The first kappa shape index (κ1) is 12.6. The maximum atomic E-state index is 11.2. The van der Waals surface area contributed by atoms with E-state index in [-0.39, 0.29) is 12.3 Å². The number of allylic oxidation sites excluding steroid dienone is 1. The fourth-order valence-corrected chi connectivity index (χ4v) is 0.886. The van der Waals surface area contributed by atoms with E-state index in [0.29, 0.717) is 6.54 Å². The Hall–Kier alpha value is -1.36. The molecule has 0 spiro atoms. The van der Waals surface area contributed by atoms with Crippen molar-refractivity contribution in [2.75, 3.05) is 6.54 Å². The van der Waals surface area contributed by atoms with Crippen molar-refractivity contribution in [3.63, 3.8) is 0 Å². The van der Waals surface area contributed by atoms with Crippen molar-refractivity contribution in [2.45, 2.75) is 25.8 Å². The largest absolute Gasteiger partial charge is 0.370 e. The quantitative estimate of drug-likeness (QED) is 0.388. The van der Waals surface area contributed by atoms with Crippen LogP contribution in [0.15, 0.2) is 12.2 Å². The Balaban J connectivity index is 3.67. The van der Waals surface area contributed by atoms with E-state index >= 15 is 0 Å². The summed E-state index contributed by atoms with van der Waals surface area (Å²) in [7, 11) is 0. The Bertz CT molecular complexity index is 226. The normalized spacial score (nSPS) is 12.7. The minimum atomic E-state index is -0.835. The van der Waals surface area contributed by atoms with Crippen LogP contribution in [0.3, 0.4) is 0 Å². The molecule has 80 valence electrons. The second kappa shape index (κ2) is 7.08. The Labute approximate surface area is 83.5 Å². The van der Waals surface area contributed by atoms with Crippen LogP contribution in [0.5, 0.6) is 0 Å². The molecule has 0 aromatic rings. The average Bonchev–Trinajstić information content (AvgIpc) is 2.11. The van der Waals surface area contributed by atoms with Gasteiger partial charge in [-0.25, -0.2) is 0 Å². The van der Waals surface area contributed by atoms with Gasteiger partial charge in [-0.05, 0) is 13.3 Å². The monoisotopic (exact) mass is 199 g/mol. The zero-order valence-electron chi connectivity index (χ0n) is 8.32. The van der Waals surface area contributed by atoms with Gasteiger partial charge in [0.1, 0.15) is 0 Å². The van der Waals surface area contributed by atoms with Crippen LogP contribution in [0, 0.1) is 0 Å². The van der Waals surface area contributed by atoms with Crippen molar-refractivity contribution in [3.8, 4) is 0 Å². The van der Waals surface area contributed by atoms with Gasteiger partial charge in [-0.3, -0.25) is 9.59 Å². The highest BCUT2D eigenvalue weighted by molar-refractivity contribution is 5.87. The Morgan fingerprint density at radius 2 is 2.14 bits per heavy atom. The summed E-state index contributed by atoms with van der Waals surface area (Å²) in [6, 6.07) is -0.835. The van der Waals surface area contributed by atoms with Crippen LogP contribution in [0.1, 0.15) is 19.8 Å². The van der Waals surface area contributed by atoms with Crippen molar-refractivity contribution in [1.29, 1.82) is 0 Å². The summed E-state index contributed by atoms with van der Waals surface area (Å²) in [5.41, 5.74) is 10.3. The van der Waals surface area contributed by atoms with Crippen LogP contribution in [-0.4, -0.2) is 24.4 Å². The number of hydrogen-bond donors (Lipinski definition) is 3. The number of nitrogens with two attached hydrogens (primary N) is 2. The van der Waals surface area contributed by atoms with E-state index in [1.165, 1.54) is 0 Å². The van der Waals surface area contributed by atoms with Crippen molar-refractivity contribution in [1.82, 2.24) is 5.32 Å². The third-order valence-electron chi connectivity index (χ3n) is 1.60. The van der Waals surface area contributed by atoms with Gasteiger partial charge in [-0.15, -0.1) is 0 Å². The van der Waals surface area contributed by atoms with Gasteiger partial charge in [-0.2, -0.15) is 0 Å². The number of amides is 2. The van der Waals surface area contributed by atoms with Gasteiger partial charge in [0.2, 0.25) is 11.8 Å². The smallest absolute Gasteiger partial charge is 0.237 e. The van der Waals surface area contributed by atoms with E-state index in [2.05, 4.69) is 5.32 Å². The lowest BCUT2D eigenvalue weighted by Gasteiger charge is -2.09. The molecule has 0 heterocycles. The number of rotatable bonds is 6. The average molecular weight is 199 g/mol. The number of carbonyl (C=O) groups is 2. The number of nitrogens with one attached hydrogen (secondary N) is 1. The lowest BCUT2D eigenvalue weighted by atomic mass is 10.2. The molecule has 0 aromatic carbocycles. The number of carbonyl (C=O) groups excluding carboxylic acids is 2. The molecule has 0 bridgehead atoms. The molecule has 0 aliphatic rings. The molecule has 1 atom stereocenters. The molecule has 0 aromatic heterocycles. The molecule has 0 aliphatic carbocycles. The minimum Gasteiger partial charge on any atom is -0.370 e. The molecular formula is C9H17N3O2. The van der Waals surface area contributed by atoms with Gasteiger partial charge >= 0.3 is 0 Å². The fraction of sp³-hybridized carbons (Fsp3) is 0.556. The van der Waals surface area contributed by atoms with E-state index in [1.54, 1.807) is 0 Å². The van der Waals surface area contributed by atoms with Gasteiger partial charge in [0.25, 0.3) is 0 Å². The van der Waals surface area contributed by atoms with Crippen LogP contribution < -0.4 is 16.8 Å². The summed E-state index contributed by atoms with van der Waals surface area (Å²) in [5, 5.41) is 2.60. The van der Waals surface area contributed by atoms with Crippen molar-refractivity contribution < 1.29 is 9.59 Å². The molecule has 14 heavy (non-hydrogen) atoms. The summed E-state index contributed by atoms with van der Waals surface area (Å²) in [6.45, 7) is 2.43. The van der Waals surface area contributed by atoms with Gasteiger partial charge < -0.3 is 16.8 Å². The van der Waals surface area contributed by atoms with Crippen molar-refractivity contribution in [3.05, 3.63) is 12.2 Å². The predicted molar refractivity (Wildman–Crippen MR) is 54.2 cm³/mol. The Kier molecular flexibility index (Phi) is 6.39. The van der Waals surface area contributed by atoms with Crippen molar-refractivity contribution in [2.24, 2.45) is 11.5 Å². The molecule has 0 fully saturated rings. The summed E-state index contributed by atoms with van der Waals surface area (Å²) in [5.74, 6) is -0.908. The Morgan fingerprint density at radius 1 is 1.50 bits per heavy atom. The van der Waals surface area contributed by atoms with Crippen molar-refractivity contribution >= 4 is 11.8 Å². The molecule has 0 aliphatic heterocycles. The van der Waals surface area contributed by atoms with E-state index in [4.69, 9.17) is 11.5 Å². The van der Waals surface area contributed by atoms with Crippen LogP contribution >= 0.6 is 0 Å². The molecule has 0 radical (unpaired) electrons. The molecule has 5 nitrogen and oxygen atoms in total. The lowest BCUT2D eigenvalue weighted by Crippen LogP contribution is -2.43. The summed E-state index contributed by atoms with van der Waals surface area (Å²) < 4.78 is 0. The first-order valence-corrected chi connectivity index (χ1v) is 4.50. The van der Waals surface area contributed by atoms with Gasteiger partial charge in [-0.1, -0.05) is 12.2 Å². The maximum Gasteiger partial charge on any atom is 0.237 e. The molecule has 0 saturated heterocycles. The molecule has 5 heteroatoms. The molecule has 0 saturated carbocycles. The van der Waals surface area contributed by atoms with Crippen LogP contribution in [-0.2, 0) is 9.59 Å². The fourth-order valence-electron chi connectivity index (χ4n) is 0.886. The predicted octanol–water partition coefficient (Wildman–Crippen LogP) is -0.728. The van der Waals surface area contributed by atoms with E-state index in [1.807, 2.05) is 19.1 Å². The summed E-state index contributed by atoms with van der Waals surface area (Å²) in [6.07, 6.45) is 4.47. The second-order valence-electron chi connectivity index (χ2n) is 2.93. The maximum absolute atomic E-state index is 11.2. The molecule has 1 unspecified atom stereocenters. The second-order valence-corrected chi connectivity index (χ2v) is 2.93. The van der Waals surface area contributed by atoms with E-state index < -0.39 is 11.9 Å². The zero-order valence-corrected chi connectivity index (χ0v) is 8.32. The number of primary amides is 1. The molecule has 5 N–H and O–H groups in total. The van der Waals surface area contributed by atoms with Gasteiger partial charge in [0.15, 0.2) is 0 Å². The molecule has 2 amide bonds. The first-order valence-electron chi connectivity index (χ1n) is 4.50. The topological polar surface area (TPSA) is 98.2 Å². The van der Waals surface area contributed by atoms with Gasteiger partial charge in [0.05, 0.1) is 12.5 Å². The van der Waals surface area contributed by atoms with E-state index in [0.717, 1.165) is 6.42 Å². The van der Waals surface area contributed by atoms with E-state index in [9.17, 15) is 9.59 Å². The third kappa shape index (κ3) is 6.19. The first-order chi connectivity index (χ1) is 6.57. The standard InChI is InChI=1S/C9H17N3O2/c1-2-3-4-5-12-9(14)7(10)6-8(11)13/h2-3,7H,4-6,10H2,1H3,(H2,11,13)(H,12,14)/b3-2+. The highest BCUT2D eigenvalue weighted by Gasteiger charge is 2.14. The van der Waals surface area contributed by atoms with Crippen LogP contribution in [0.2, 0.25) is 0 Å². The lowest BCUT2D eigenvalue weighted by molar-refractivity contribution is -0.126. The molecule has 0 rings (SSSR count). The third-order valence-corrected chi connectivity index (χ3v) is 1.60. The highest BCUT2D eigenvalue weighted by atomic mass is 16.2. The zero-order chi connectivity index (χ0) is 11.0. The minimum absolute atomic E-state index is 0.116. The Morgan fingerprint density at radius 3 is 2.64 bits per heavy atom. The van der Waals surface area contributed by atoms with Gasteiger partial charge in [0, 0.05) is 6.54 Å². The molecular weight excluding hydrogens is 182 g/mol. The van der Waals surface area contributed by atoms with Crippen LogP contribution in [0.25, 0.3) is 0 Å². The highest BCUT2D eigenvalue weighted by Crippen LogP contribution is 1.87. The summed E-state index contributed by atoms with van der Waals surface area (Å²) >= 11 is 0.